The largest absolute Gasteiger partial charge is 0.484 e. The summed E-state index contributed by atoms with van der Waals surface area (Å²) in [7, 11) is 0. The molecule has 0 N–H and O–H groups in total. The first-order valence-corrected chi connectivity index (χ1v) is 6.38. The van der Waals surface area contributed by atoms with Crippen LogP contribution in [0.3, 0.4) is 0 Å². The average molecular weight is 295 g/mol. The van der Waals surface area contributed by atoms with Crippen LogP contribution in [0, 0.1) is 13.8 Å². The highest BCUT2D eigenvalue weighted by atomic mass is 35.5. The highest BCUT2D eigenvalue weighted by molar-refractivity contribution is 5.85. The van der Waals surface area contributed by atoms with Gasteiger partial charge in [-0.05, 0) is 44.0 Å². The first kappa shape index (κ1) is 16.2. The van der Waals surface area contributed by atoms with Crippen LogP contribution in [0.4, 0.5) is 0 Å². The van der Waals surface area contributed by atoms with E-state index in [9.17, 15) is 4.79 Å². The van der Waals surface area contributed by atoms with Gasteiger partial charge >= 0.3 is 0 Å². The summed E-state index contributed by atoms with van der Waals surface area (Å²) >= 11 is 0. The average Bonchev–Trinajstić information content (AvgIpc) is 2.75. The van der Waals surface area contributed by atoms with Crippen LogP contribution in [0.25, 0.3) is 0 Å². The molecule has 0 atom stereocenters. The molecule has 0 aliphatic rings. The van der Waals surface area contributed by atoms with E-state index in [1.54, 1.807) is 0 Å². The van der Waals surface area contributed by atoms with Crippen LogP contribution < -0.4 is 4.74 Å². The minimum atomic E-state index is -0.162. The van der Waals surface area contributed by atoms with Gasteiger partial charge in [-0.2, -0.15) is 5.10 Å². The summed E-state index contributed by atoms with van der Waals surface area (Å²) in [5.41, 5.74) is 2.91. The van der Waals surface area contributed by atoms with Gasteiger partial charge in [0.15, 0.2) is 6.61 Å². The fourth-order valence-corrected chi connectivity index (χ4v) is 1.91. The van der Waals surface area contributed by atoms with Gasteiger partial charge in [0, 0.05) is 5.69 Å². The molecule has 0 amide bonds. The standard InChI is InChI=1S/C15H18N2O2.ClH/c1-4-13-5-7-14(8-6-13)19-10-15(18)17-12(3)9-11(2)16-17;/h5-9H,4,10H2,1-3H3;1H. The fourth-order valence-electron chi connectivity index (χ4n) is 1.91. The summed E-state index contributed by atoms with van der Waals surface area (Å²) in [6.45, 7) is 5.81. The molecule has 1 aromatic heterocycles. The molecular formula is C15H19ClN2O2. The van der Waals surface area contributed by atoms with Crippen molar-refractivity contribution in [2.75, 3.05) is 6.61 Å². The molecule has 0 aliphatic carbocycles. The number of benzene rings is 1. The predicted octanol–water partition coefficient (Wildman–Crippen LogP) is 3.20. The van der Waals surface area contributed by atoms with Crippen molar-refractivity contribution in [3.05, 3.63) is 47.3 Å². The summed E-state index contributed by atoms with van der Waals surface area (Å²) < 4.78 is 6.86. The molecule has 0 unspecified atom stereocenters. The lowest BCUT2D eigenvalue weighted by Crippen LogP contribution is -2.21. The summed E-state index contributed by atoms with van der Waals surface area (Å²) in [5, 5.41) is 4.14. The molecule has 2 rings (SSSR count). The molecule has 4 nitrogen and oxygen atoms in total. The van der Waals surface area contributed by atoms with E-state index in [4.69, 9.17) is 4.74 Å². The van der Waals surface area contributed by atoms with Crippen LogP contribution in [-0.4, -0.2) is 22.3 Å². The Kier molecular flexibility index (Phi) is 5.77. The molecule has 2 aromatic rings. The topological polar surface area (TPSA) is 44.1 Å². The molecule has 0 spiro atoms. The number of aromatic nitrogens is 2. The van der Waals surface area contributed by atoms with Crippen molar-refractivity contribution in [1.82, 2.24) is 9.78 Å². The lowest BCUT2D eigenvalue weighted by Gasteiger charge is -2.07. The Labute approximate surface area is 125 Å². The lowest BCUT2D eigenvalue weighted by molar-refractivity contribution is 0.0818. The molecule has 20 heavy (non-hydrogen) atoms. The molecule has 0 aliphatic heterocycles. The molecule has 0 saturated heterocycles. The molecule has 0 saturated carbocycles. The second kappa shape index (κ2) is 7.10. The third kappa shape index (κ3) is 3.84. The Hall–Kier alpha value is -1.81. The van der Waals surface area contributed by atoms with Gasteiger partial charge in [0.25, 0.3) is 5.91 Å². The SMILES string of the molecule is CCc1ccc(OCC(=O)n2nc(C)cc2C)cc1.Cl. The van der Waals surface area contributed by atoms with Gasteiger partial charge in [-0.25, -0.2) is 4.68 Å². The van der Waals surface area contributed by atoms with E-state index in [1.165, 1.54) is 10.2 Å². The molecule has 0 radical (unpaired) electrons. The van der Waals surface area contributed by atoms with Crippen LogP contribution in [0.15, 0.2) is 30.3 Å². The highest BCUT2D eigenvalue weighted by Crippen LogP contribution is 2.12. The van der Waals surface area contributed by atoms with Crippen molar-refractivity contribution in [3.8, 4) is 5.75 Å². The van der Waals surface area contributed by atoms with Gasteiger partial charge in [0.1, 0.15) is 5.75 Å². The van der Waals surface area contributed by atoms with Crippen LogP contribution in [-0.2, 0) is 6.42 Å². The molecule has 5 heteroatoms. The van der Waals surface area contributed by atoms with Crippen molar-refractivity contribution in [1.29, 1.82) is 0 Å². The number of ether oxygens (including phenoxy) is 1. The minimum Gasteiger partial charge on any atom is -0.484 e. The summed E-state index contributed by atoms with van der Waals surface area (Å²) in [6, 6.07) is 9.64. The summed E-state index contributed by atoms with van der Waals surface area (Å²) in [4.78, 5) is 12.0. The minimum absolute atomic E-state index is 0. The number of hydrogen-bond acceptors (Lipinski definition) is 3. The zero-order chi connectivity index (χ0) is 13.8. The van der Waals surface area contributed by atoms with Gasteiger partial charge in [-0.1, -0.05) is 19.1 Å². The Balaban J connectivity index is 0.00000200. The maximum Gasteiger partial charge on any atom is 0.284 e. The number of nitrogens with zero attached hydrogens (tertiary/aromatic N) is 2. The van der Waals surface area contributed by atoms with Crippen LogP contribution >= 0.6 is 12.4 Å². The fraction of sp³-hybridized carbons (Fsp3) is 0.333. The number of carbonyl (C=O) groups is 1. The Morgan fingerprint density at radius 2 is 1.90 bits per heavy atom. The van der Waals surface area contributed by atoms with E-state index in [0.717, 1.165) is 17.8 Å². The zero-order valence-electron chi connectivity index (χ0n) is 11.9. The van der Waals surface area contributed by atoms with E-state index in [0.29, 0.717) is 5.75 Å². The third-order valence-corrected chi connectivity index (χ3v) is 2.94. The number of halogens is 1. The molecule has 1 aromatic carbocycles. The Morgan fingerprint density at radius 3 is 2.40 bits per heavy atom. The van der Waals surface area contributed by atoms with Crippen molar-refractivity contribution >= 4 is 18.3 Å². The van der Waals surface area contributed by atoms with Crippen molar-refractivity contribution < 1.29 is 9.53 Å². The summed E-state index contributed by atoms with van der Waals surface area (Å²) in [6.07, 6.45) is 0.991. The van der Waals surface area contributed by atoms with Crippen LogP contribution in [0.2, 0.25) is 0 Å². The maximum atomic E-state index is 12.0. The van der Waals surface area contributed by atoms with Gasteiger partial charge in [0.05, 0.1) is 5.69 Å². The number of hydrogen-bond donors (Lipinski definition) is 0. The van der Waals surface area contributed by atoms with Crippen molar-refractivity contribution in [3.63, 3.8) is 0 Å². The van der Waals surface area contributed by atoms with Crippen LogP contribution in [0.5, 0.6) is 5.75 Å². The van der Waals surface area contributed by atoms with E-state index in [-0.39, 0.29) is 24.9 Å². The van der Waals surface area contributed by atoms with Gasteiger partial charge < -0.3 is 4.74 Å². The molecule has 0 bridgehead atoms. The van der Waals surface area contributed by atoms with E-state index < -0.39 is 0 Å². The van der Waals surface area contributed by atoms with Crippen molar-refractivity contribution in [2.24, 2.45) is 0 Å². The van der Waals surface area contributed by atoms with E-state index in [2.05, 4.69) is 12.0 Å². The second-order valence-corrected chi connectivity index (χ2v) is 4.52. The first-order valence-electron chi connectivity index (χ1n) is 6.38. The quantitative estimate of drug-likeness (QED) is 0.870. The number of aryl methyl sites for hydroxylation is 3. The van der Waals surface area contributed by atoms with Gasteiger partial charge in [-0.15, -0.1) is 12.4 Å². The van der Waals surface area contributed by atoms with E-state index in [1.807, 2.05) is 44.2 Å². The second-order valence-electron chi connectivity index (χ2n) is 4.52. The van der Waals surface area contributed by atoms with Crippen molar-refractivity contribution in [2.45, 2.75) is 27.2 Å². The Morgan fingerprint density at radius 1 is 1.25 bits per heavy atom. The maximum absolute atomic E-state index is 12.0. The Bertz CT molecular complexity index is 576. The third-order valence-electron chi connectivity index (χ3n) is 2.94. The number of rotatable bonds is 4. The molecular weight excluding hydrogens is 276 g/mol. The summed E-state index contributed by atoms with van der Waals surface area (Å²) in [5.74, 6) is 0.539. The molecule has 108 valence electrons. The lowest BCUT2D eigenvalue weighted by atomic mass is 10.2. The molecule has 0 fully saturated rings. The van der Waals surface area contributed by atoms with Gasteiger partial charge in [-0.3, -0.25) is 4.79 Å². The highest BCUT2D eigenvalue weighted by Gasteiger charge is 2.10. The van der Waals surface area contributed by atoms with Crippen LogP contribution in [0.1, 0.15) is 28.7 Å². The zero-order valence-corrected chi connectivity index (χ0v) is 12.7. The smallest absolute Gasteiger partial charge is 0.284 e. The first-order chi connectivity index (χ1) is 9.10. The predicted molar refractivity (Wildman–Crippen MR) is 80.9 cm³/mol. The monoisotopic (exact) mass is 294 g/mol. The number of carbonyl (C=O) groups excluding carboxylic acids is 1. The van der Waals surface area contributed by atoms with E-state index >= 15 is 0 Å². The van der Waals surface area contributed by atoms with Gasteiger partial charge in [0.2, 0.25) is 0 Å². The normalized spacial score (nSPS) is 9.95. The molecule has 1 heterocycles.